The predicted octanol–water partition coefficient (Wildman–Crippen LogP) is 3.66. The van der Waals surface area contributed by atoms with Crippen LogP contribution >= 0.6 is 0 Å². The molecule has 136 valence electrons. The molecule has 0 aliphatic carbocycles. The largest absolute Gasteiger partial charge is 0.750 e. The third-order valence-corrected chi connectivity index (χ3v) is 4.00. The summed E-state index contributed by atoms with van der Waals surface area (Å²) in [5, 5.41) is 0. The lowest BCUT2D eigenvalue weighted by molar-refractivity contribution is -0.671. The van der Waals surface area contributed by atoms with Crippen molar-refractivity contribution < 1.29 is 17.5 Å². The highest BCUT2D eigenvalue weighted by Gasteiger charge is 1.99. The van der Waals surface area contributed by atoms with E-state index in [0.717, 1.165) is 7.11 Å². The summed E-state index contributed by atoms with van der Waals surface area (Å²) in [4.78, 5) is 0. The molecule has 0 amide bonds. The maximum Gasteiger partial charge on any atom is 0.243 e. The van der Waals surface area contributed by atoms with Crippen LogP contribution in [0.25, 0.3) is 0 Å². The monoisotopic (exact) mass is 346 g/mol. The summed E-state index contributed by atoms with van der Waals surface area (Å²) in [5.41, 5.74) is 0. The van der Waals surface area contributed by atoms with Gasteiger partial charge in [-0.3, -0.25) is 0 Å². The highest BCUT2D eigenvalue weighted by Crippen LogP contribution is 2.10. The molecule has 0 saturated heterocycles. The van der Waals surface area contributed by atoms with Crippen molar-refractivity contribution in [1.29, 1.82) is 0 Å². The Bertz CT molecular complexity index is 397. The van der Waals surface area contributed by atoms with Gasteiger partial charge in [0.2, 0.25) is 6.33 Å². The molecule has 5 nitrogen and oxygen atoms in total. The minimum Gasteiger partial charge on any atom is -0.750 e. The number of aromatic nitrogens is 2. The summed E-state index contributed by atoms with van der Waals surface area (Å²) < 4.78 is 26.3. The number of aryl methyl sites for hydroxylation is 2. The Morgan fingerprint density at radius 3 is 1.91 bits per heavy atom. The number of unbranched alkanes of at least 4 members (excludes halogenated alkanes) is 9. The number of rotatable bonds is 12. The minimum absolute atomic E-state index is 1.09. The average Bonchev–Trinajstić information content (AvgIpc) is 2.95. The van der Waals surface area contributed by atoms with Crippen LogP contribution in [-0.2, 0) is 29.1 Å². The molecule has 1 aromatic heterocycles. The Hall–Kier alpha value is -0.720. The fourth-order valence-corrected chi connectivity index (χ4v) is 2.42. The van der Waals surface area contributed by atoms with E-state index in [1.54, 1.807) is 0 Å². The summed E-state index contributed by atoms with van der Waals surface area (Å²) >= 11 is -2.32. The Balaban J connectivity index is 0.000000841. The van der Waals surface area contributed by atoms with Crippen molar-refractivity contribution in [1.82, 2.24) is 4.57 Å². The van der Waals surface area contributed by atoms with Gasteiger partial charge in [0.1, 0.15) is 12.4 Å². The van der Waals surface area contributed by atoms with Crippen molar-refractivity contribution in [2.45, 2.75) is 77.7 Å². The second-order valence-corrected chi connectivity index (χ2v) is 6.61. The van der Waals surface area contributed by atoms with Crippen molar-refractivity contribution in [3.05, 3.63) is 18.7 Å². The average molecular weight is 347 g/mol. The highest BCUT2D eigenvalue weighted by atomic mass is 32.2. The van der Waals surface area contributed by atoms with E-state index in [9.17, 15) is 0 Å². The van der Waals surface area contributed by atoms with E-state index < -0.39 is 11.4 Å². The Morgan fingerprint density at radius 1 is 1.04 bits per heavy atom. The van der Waals surface area contributed by atoms with Crippen LogP contribution in [0.3, 0.4) is 0 Å². The lowest BCUT2D eigenvalue weighted by atomic mass is 10.1. The Labute approximate surface area is 144 Å². The quantitative estimate of drug-likeness (QED) is 0.330. The second kappa shape index (κ2) is 16.1. The molecule has 0 saturated carbocycles. The molecule has 0 spiro atoms. The molecule has 1 heterocycles. The van der Waals surface area contributed by atoms with Crippen LogP contribution in [0.2, 0.25) is 0 Å². The lowest BCUT2D eigenvalue weighted by Gasteiger charge is -2.01. The fraction of sp³-hybridized carbons (Fsp3) is 0.824. The van der Waals surface area contributed by atoms with Crippen LogP contribution in [0.15, 0.2) is 18.7 Å². The highest BCUT2D eigenvalue weighted by molar-refractivity contribution is 7.74. The molecular formula is C17H34N2O3S. The summed E-state index contributed by atoms with van der Waals surface area (Å²) in [5.74, 6) is 0. The third-order valence-electron chi connectivity index (χ3n) is 3.73. The van der Waals surface area contributed by atoms with Crippen LogP contribution in [0.4, 0.5) is 0 Å². The summed E-state index contributed by atoms with van der Waals surface area (Å²) in [6, 6.07) is 0. The number of hydrogen-bond donors (Lipinski definition) is 0. The van der Waals surface area contributed by atoms with Crippen LogP contribution in [0, 0.1) is 0 Å². The number of nitrogens with zero attached hydrogens (tertiary/aromatic N) is 2. The first-order chi connectivity index (χ1) is 11.1. The van der Waals surface area contributed by atoms with E-state index in [-0.39, 0.29) is 0 Å². The molecule has 0 radical (unpaired) electrons. The molecule has 0 N–H and O–H groups in total. The zero-order chi connectivity index (χ0) is 17.3. The standard InChI is InChI=1S/C16H31N2.CH4O3S/c1-3-4-5-6-7-8-9-10-11-12-13-18-15-14-17(2)16-18;1-4-5(2)3/h14-16H,3-13H2,1-2H3;1H3,(H,2,3)/q+1;/p-1. The summed E-state index contributed by atoms with van der Waals surface area (Å²) in [7, 11) is 3.16. The Kier molecular flexibility index (Phi) is 15.6. The van der Waals surface area contributed by atoms with Gasteiger partial charge in [0.25, 0.3) is 0 Å². The summed E-state index contributed by atoms with van der Waals surface area (Å²) in [6.45, 7) is 3.46. The number of imidazole rings is 1. The van der Waals surface area contributed by atoms with E-state index in [1.165, 1.54) is 70.8 Å². The van der Waals surface area contributed by atoms with Crippen molar-refractivity contribution in [3.63, 3.8) is 0 Å². The van der Waals surface area contributed by atoms with Crippen LogP contribution < -0.4 is 4.57 Å². The van der Waals surface area contributed by atoms with Gasteiger partial charge in [-0.25, -0.2) is 13.3 Å². The van der Waals surface area contributed by atoms with Crippen LogP contribution in [0.1, 0.15) is 71.1 Å². The van der Waals surface area contributed by atoms with Crippen molar-refractivity contribution in [2.75, 3.05) is 7.11 Å². The van der Waals surface area contributed by atoms with Gasteiger partial charge in [-0.1, -0.05) is 58.3 Å². The molecule has 1 rings (SSSR count). The molecule has 1 unspecified atom stereocenters. The first kappa shape index (κ1) is 22.3. The van der Waals surface area contributed by atoms with Gasteiger partial charge in [0.05, 0.1) is 32.1 Å². The van der Waals surface area contributed by atoms with E-state index in [4.69, 9.17) is 8.76 Å². The van der Waals surface area contributed by atoms with Gasteiger partial charge < -0.3 is 8.74 Å². The lowest BCUT2D eigenvalue weighted by Crippen LogP contribution is -2.23. The molecule has 23 heavy (non-hydrogen) atoms. The van der Waals surface area contributed by atoms with Crippen molar-refractivity contribution >= 4 is 11.4 Å². The van der Waals surface area contributed by atoms with E-state index >= 15 is 0 Å². The fourth-order valence-electron chi connectivity index (χ4n) is 2.42. The van der Waals surface area contributed by atoms with E-state index in [0.29, 0.717) is 0 Å². The maximum atomic E-state index is 9.15. The van der Waals surface area contributed by atoms with Crippen molar-refractivity contribution in [3.8, 4) is 0 Å². The van der Waals surface area contributed by atoms with Crippen LogP contribution in [0.5, 0.6) is 0 Å². The predicted molar refractivity (Wildman–Crippen MR) is 93.4 cm³/mol. The molecule has 0 fully saturated rings. The molecule has 0 aliphatic rings. The normalized spacial score (nSPS) is 11.8. The molecular weight excluding hydrogens is 312 g/mol. The van der Waals surface area contributed by atoms with Gasteiger partial charge in [0.15, 0.2) is 0 Å². The topological polar surface area (TPSA) is 58.2 Å². The van der Waals surface area contributed by atoms with E-state index in [1.807, 2.05) is 0 Å². The first-order valence-electron chi connectivity index (χ1n) is 8.74. The minimum atomic E-state index is -2.32. The maximum absolute atomic E-state index is 9.15. The third kappa shape index (κ3) is 15.9. The van der Waals surface area contributed by atoms with Crippen molar-refractivity contribution in [2.24, 2.45) is 7.05 Å². The van der Waals surface area contributed by atoms with Gasteiger partial charge >= 0.3 is 0 Å². The van der Waals surface area contributed by atoms with Gasteiger partial charge in [-0.2, -0.15) is 0 Å². The first-order valence-corrected chi connectivity index (χ1v) is 9.74. The molecule has 0 aliphatic heterocycles. The zero-order valence-electron chi connectivity index (χ0n) is 15.0. The molecule has 1 atom stereocenters. The van der Waals surface area contributed by atoms with Crippen LogP contribution in [-0.4, -0.2) is 20.4 Å². The zero-order valence-corrected chi connectivity index (χ0v) is 15.9. The Morgan fingerprint density at radius 2 is 1.52 bits per heavy atom. The van der Waals surface area contributed by atoms with Gasteiger partial charge in [0, 0.05) is 0 Å². The molecule has 6 heteroatoms. The van der Waals surface area contributed by atoms with E-state index in [2.05, 4.69) is 46.0 Å². The number of hydrogen-bond acceptors (Lipinski definition) is 3. The van der Waals surface area contributed by atoms with Gasteiger partial charge in [-0.05, 0) is 12.8 Å². The SMILES string of the molecule is CCCCCCCCCCCCn1cc[n+](C)c1.COS(=O)[O-]. The molecule has 0 aromatic carbocycles. The second-order valence-electron chi connectivity index (χ2n) is 5.87. The van der Waals surface area contributed by atoms with Gasteiger partial charge in [-0.15, -0.1) is 0 Å². The molecule has 0 bridgehead atoms. The smallest absolute Gasteiger partial charge is 0.243 e. The molecule has 1 aromatic rings. The summed E-state index contributed by atoms with van der Waals surface area (Å²) in [6.07, 6.45) is 20.6.